The van der Waals surface area contributed by atoms with E-state index in [2.05, 4.69) is 29.0 Å². The van der Waals surface area contributed by atoms with Gasteiger partial charge in [-0.2, -0.15) is 8.78 Å². The van der Waals surface area contributed by atoms with E-state index < -0.39 is 6.11 Å². The first-order valence-electron chi connectivity index (χ1n) is 10.0. The van der Waals surface area contributed by atoms with E-state index in [9.17, 15) is 8.78 Å². The van der Waals surface area contributed by atoms with E-state index in [1.165, 1.54) is 11.6 Å². The van der Waals surface area contributed by atoms with E-state index in [0.29, 0.717) is 12.0 Å². The van der Waals surface area contributed by atoms with Crippen molar-refractivity contribution in [2.24, 2.45) is 10.9 Å². The lowest BCUT2D eigenvalue weighted by molar-refractivity contribution is -0.158. The van der Waals surface area contributed by atoms with Gasteiger partial charge < -0.3 is 9.47 Å². The maximum absolute atomic E-state index is 13.2. The summed E-state index contributed by atoms with van der Waals surface area (Å²) in [4.78, 5) is 4.59. The maximum Gasteiger partial charge on any atom is 0.394 e. The molecule has 1 unspecified atom stereocenters. The average molecular weight is 397 g/mol. The van der Waals surface area contributed by atoms with E-state index in [1.807, 2.05) is 12.3 Å². The van der Waals surface area contributed by atoms with Crippen molar-refractivity contribution in [1.82, 2.24) is 0 Å². The molecule has 1 atom stereocenters. The summed E-state index contributed by atoms with van der Waals surface area (Å²) in [5.41, 5.74) is 7.51. The number of allylic oxidation sites excluding steroid dienone is 3. The number of ether oxygens (including phenoxy) is 2. The summed E-state index contributed by atoms with van der Waals surface area (Å²) in [6, 6.07) is 6.49. The Labute approximate surface area is 170 Å². The lowest BCUT2D eigenvalue weighted by Crippen LogP contribution is -2.21. The third kappa shape index (κ3) is 4.58. The van der Waals surface area contributed by atoms with Crippen LogP contribution in [-0.2, 0) is 4.74 Å². The van der Waals surface area contributed by atoms with Gasteiger partial charge >= 0.3 is 6.11 Å². The van der Waals surface area contributed by atoms with Crippen LogP contribution < -0.4 is 4.74 Å². The molecular weight excluding hydrogens is 372 g/mol. The Kier molecular flexibility index (Phi) is 5.53. The van der Waals surface area contributed by atoms with Crippen molar-refractivity contribution >= 4 is 6.21 Å². The minimum atomic E-state index is -3.22. The highest BCUT2D eigenvalue weighted by Gasteiger charge is 2.28. The molecule has 0 bridgehead atoms. The molecule has 1 aromatic carbocycles. The number of nitrogens with zero attached hydrogens (tertiary/aromatic N) is 1. The molecule has 0 aromatic heterocycles. The first-order chi connectivity index (χ1) is 13.9. The normalized spacial score (nSPS) is 26.3. The summed E-state index contributed by atoms with van der Waals surface area (Å²) in [6.45, 7) is 0.734. The van der Waals surface area contributed by atoms with E-state index >= 15 is 0 Å². The number of alkyl halides is 2. The smallest absolute Gasteiger partial charge is 0.394 e. The van der Waals surface area contributed by atoms with Crippen molar-refractivity contribution in [2.45, 2.75) is 50.9 Å². The maximum atomic E-state index is 13.2. The fourth-order valence-corrected chi connectivity index (χ4v) is 4.24. The summed E-state index contributed by atoms with van der Waals surface area (Å²) in [6.07, 6.45) is 9.71. The number of rotatable bonds is 5. The molecule has 0 radical (unpaired) electrons. The third-order valence-electron chi connectivity index (χ3n) is 5.75. The topological polar surface area (TPSA) is 30.8 Å². The van der Waals surface area contributed by atoms with Crippen LogP contribution in [-0.4, -0.2) is 25.5 Å². The lowest BCUT2D eigenvalue weighted by Gasteiger charge is -2.28. The second kappa shape index (κ2) is 8.10. The molecule has 0 N–H and O–H groups in total. The highest BCUT2D eigenvalue weighted by atomic mass is 19.3. The zero-order valence-electron chi connectivity index (χ0n) is 16.7. The van der Waals surface area contributed by atoms with Crippen molar-refractivity contribution in [3.63, 3.8) is 0 Å². The van der Waals surface area contributed by atoms with Crippen LogP contribution in [0.5, 0.6) is 5.75 Å². The molecule has 5 heteroatoms. The lowest BCUT2D eigenvalue weighted by atomic mass is 9.82. The van der Waals surface area contributed by atoms with Crippen molar-refractivity contribution in [2.75, 3.05) is 7.11 Å². The van der Waals surface area contributed by atoms with Gasteiger partial charge in [-0.05, 0) is 60.9 Å². The molecule has 29 heavy (non-hydrogen) atoms. The van der Waals surface area contributed by atoms with Crippen LogP contribution in [0.25, 0.3) is 0 Å². The van der Waals surface area contributed by atoms with Gasteiger partial charge in [0.1, 0.15) is 11.8 Å². The molecule has 152 valence electrons. The molecule has 3 aliphatic rings. The molecule has 1 aromatic rings. The third-order valence-corrected chi connectivity index (χ3v) is 5.75. The van der Waals surface area contributed by atoms with Gasteiger partial charge in [0.2, 0.25) is 0 Å². The second-order valence-electron chi connectivity index (χ2n) is 7.86. The first kappa shape index (κ1) is 19.8. The van der Waals surface area contributed by atoms with Gasteiger partial charge in [-0.25, -0.2) is 0 Å². The van der Waals surface area contributed by atoms with Gasteiger partial charge in [0, 0.05) is 31.4 Å². The van der Waals surface area contributed by atoms with Crippen molar-refractivity contribution in [1.29, 1.82) is 0 Å². The Balaban J connectivity index is 1.56. The Morgan fingerprint density at radius 1 is 1.14 bits per heavy atom. The molecule has 3 nitrogen and oxygen atoms in total. The Morgan fingerprint density at radius 2 is 1.93 bits per heavy atom. The monoisotopic (exact) mass is 397 g/mol. The number of hydrogen-bond acceptors (Lipinski definition) is 3. The fraction of sp³-hybridized carbons (Fsp3) is 0.417. The van der Waals surface area contributed by atoms with E-state index in [1.54, 1.807) is 19.2 Å². The molecule has 0 spiro atoms. The number of aliphatic imine (C=N–C) groups is 1. The molecular formula is C24H25F2NO2. The standard InChI is InChI=1S/C24H25F2NO2/c1-24(25,26)29-21-5-3-4-18(14-21)23-22-13-10-16(6-7-19(22)15-27-23)17-8-11-20(28-2)12-9-17/h3-7,10,14-15,17,20,23H,8-9,11-12H2,1-2H3. The van der Waals surface area contributed by atoms with E-state index in [4.69, 9.17) is 9.47 Å². The SMILES string of the molecule is COC1CCC(C2=CC=C3C=NC(c4cccc(OC(C)(F)F)c4)C3=C=C2)CC1. The zero-order chi connectivity index (χ0) is 20.4. The number of benzene rings is 1. The summed E-state index contributed by atoms with van der Waals surface area (Å²) >= 11 is 0. The van der Waals surface area contributed by atoms with Crippen LogP contribution in [0.1, 0.15) is 44.2 Å². The molecule has 1 fully saturated rings. The van der Waals surface area contributed by atoms with Gasteiger partial charge in [0.15, 0.2) is 0 Å². The van der Waals surface area contributed by atoms with Crippen LogP contribution >= 0.6 is 0 Å². The van der Waals surface area contributed by atoms with Gasteiger partial charge in [-0.15, -0.1) is 5.73 Å². The quantitative estimate of drug-likeness (QED) is 0.574. The number of hydrogen-bond donors (Lipinski definition) is 0. The van der Waals surface area contributed by atoms with Crippen LogP contribution in [0.3, 0.4) is 0 Å². The number of fused-ring (bicyclic) bond motifs is 1. The van der Waals surface area contributed by atoms with Crippen LogP contribution in [0.15, 0.2) is 69.9 Å². The molecule has 1 aliphatic heterocycles. The minimum absolute atomic E-state index is 0.134. The van der Waals surface area contributed by atoms with Gasteiger partial charge in [-0.3, -0.25) is 4.99 Å². The second-order valence-corrected chi connectivity index (χ2v) is 7.86. The largest absolute Gasteiger partial charge is 0.433 e. The summed E-state index contributed by atoms with van der Waals surface area (Å²) < 4.78 is 36.6. The zero-order valence-corrected chi connectivity index (χ0v) is 16.7. The Morgan fingerprint density at radius 3 is 2.66 bits per heavy atom. The van der Waals surface area contributed by atoms with E-state index in [0.717, 1.165) is 49.3 Å². The summed E-state index contributed by atoms with van der Waals surface area (Å²) in [5, 5.41) is 0. The highest BCUT2D eigenvalue weighted by molar-refractivity contribution is 5.90. The summed E-state index contributed by atoms with van der Waals surface area (Å²) in [7, 11) is 1.78. The van der Waals surface area contributed by atoms with Crippen LogP contribution in [0.4, 0.5) is 8.78 Å². The molecule has 1 heterocycles. The highest BCUT2D eigenvalue weighted by Crippen LogP contribution is 2.39. The molecule has 0 saturated heterocycles. The molecule has 2 aliphatic carbocycles. The van der Waals surface area contributed by atoms with E-state index in [-0.39, 0.29) is 11.8 Å². The molecule has 1 saturated carbocycles. The Hall–Kier alpha value is -2.49. The number of halogens is 2. The van der Waals surface area contributed by atoms with Crippen molar-refractivity contribution in [3.8, 4) is 5.75 Å². The van der Waals surface area contributed by atoms with Crippen molar-refractivity contribution < 1.29 is 18.3 Å². The van der Waals surface area contributed by atoms with Gasteiger partial charge in [0.05, 0.1) is 6.10 Å². The van der Waals surface area contributed by atoms with Gasteiger partial charge in [-0.1, -0.05) is 24.3 Å². The molecule has 4 rings (SSSR count). The summed E-state index contributed by atoms with van der Waals surface area (Å²) in [5.74, 6) is 0.652. The number of methoxy groups -OCH3 is 1. The molecule has 0 amide bonds. The average Bonchev–Trinajstić information content (AvgIpc) is 2.98. The van der Waals surface area contributed by atoms with Crippen LogP contribution in [0.2, 0.25) is 0 Å². The Bertz CT molecular complexity index is 924. The first-order valence-corrected chi connectivity index (χ1v) is 10.0. The predicted octanol–water partition coefficient (Wildman–Crippen LogP) is 5.96. The predicted molar refractivity (Wildman–Crippen MR) is 109 cm³/mol. The van der Waals surface area contributed by atoms with Crippen molar-refractivity contribution in [3.05, 3.63) is 70.5 Å². The van der Waals surface area contributed by atoms with Crippen LogP contribution in [0, 0.1) is 5.92 Å². The van der Waals surface area contributed by atoms with Gasteiger partial charge in [0.25, 0.3) is 0 Å². The fourth-order valence-electron chi connectivity index (χ4n) is 4.24. The minimum Gasteiger partial charge on any atom is -0.433 e.